The molecule has 0 aliphatic carbocycles. The zero-order valence-electron chi connectivity index (χ0n) is 8.64. The van der Waals surface area contributed by atoms with Crippen LogP contribution in [-0.4, -0.2) is 10.2 Å². The number of thioether (sulfide) groups is 1. The second kappa shape index (κ2) is 4.81. The first kappa shape index (κ1) is 10.7. The lowest BCUT2D eigenvalue weighted by Gasteiger charge is -2.06. The SMILES string of the molecule is Cc1nnc(CS[C@@H](C)c2cccs2)o1. The monoisotopic (exact) mass is 240 g/mol. The Hall–Kier alpha value is -0.810. The first-order chi connectivity index (χ1) is 7.25. The Kier molecular flexibility index (Phi) is 3.43. The molecule has 2 heterocycles. The average molecular weight is 240 g/mol. The van der Waals surface area contributed by atoms with Crippen LogP contribution in [0.5, 0.6) is 0 Å². The second-order valence-electron chi connectivity index (χ2n) is 3.18. The lowest BCUT2D eigenvalue weighted by atomic mass is 10.4. The molecule has 2 aromatic rings. The summed E-state index contributed by atoms with van der Waals surface area (Å²) in [7, 11) is 0. The summed E-state index contributed by atoms with van der Waals surface area (Å²) >= 11 is 3.60. The van der Waals surface area contributed by atoms with Crippen molar-refractivity contribution in [2.45, 2.75) is 24.9 Å². The summed E-state index contributed by atoms with van der Waals surface area (Å²) in [5.41, 5.74) is 0. The average Bonchev–Trinajstić information content (AvgIpc) is 2.84. The van der Waals surface area contributed by atoms with Gasteiger partial charge in [0.25, 0.3) is 0 Å². The molecule has 0 aromatic carbocycles. The molecule has 0 N–H and O–H groups in total. The number of thiophene rings is 1. The van der Waals surface area contributed by atoms with E-state index in [1.54, 1.807) is 11.3 Å². The molecule has 0 radical (unpaired) electrons. The van der Waals surface area contributed by atoms with Gasteiger partial charge in [0, 0.05) is 17.1 Å². The van der Waals surface area contributed by atoms with Crippen LogP contribution in [0.1, 0.15) is 28.8 Å². The van der Waals surface area contributed by atoms with Crippen molar-refractivity contribution in [2.75, 3.05) is 0 Å². The minimum atomic E-state index is 0.484. The predicted molar refractivity (Wildman–Crippen MR) is 63.1 cm³/mol. The van der Waals surface area contributed by atoms with Gasteiger partial charge in [-0.2, -0.15) is 0 Å². The lowest BCUT2D eigenvalue weighted by molar-refractivity contribution is 0.485. The quantitative estimate of drug-likeness (QED) is 0.820. The van der Waals surface area contributed by atoms with E-state index in [4.69, 9.17) is 4.42 Å². The maximum Gasteiger partial charge on any atom is 0.226 e. The standard InChI is InChI=1S/C10H12N2OS2/c1-7(9-4-3-5-14-9)15-6-10-12-11-8(2)13-10/h3-5,7H,6H2,1-2H3/t7-/m0/s1. The van der Waals surface area contributed by atoms with Crippen molar-refractivity contribution in [3.05, 3.63) is 34.2 Å². The third kappa shape index (κ3) is 2.82. The van der Waals surface area contributed by atoms with Crippen LogP contribution in [0.2, 0.25) is 0 Å². The molecule has 0 fully saturated rings. The lowest BCUT2D eigenvalue weighted by Crippen LogP contribution is -1.86. The highest BCUT2D eigenvalue weighted by atomic mass is 32.2. The first-order valence-corrected chi connectivity index (χ1v) is 6.62. The van der Waals surface area contributed by atoms with Crippen molar-refractivity contribution in [1.82, 2.24) is 10.2 Å². The van der Waals surface area contributed by atoms with E-state index >= 15 is 0 Å². The van der Waals surface area contributed by atoms with E-state index < -0.39 is 0 Å². The van der Waals surface area contributed by atoms with Crippen LogP contribution in [-0.2, 0) is 5.75 Å². The number of hydrogen-bond acceptors (Lipinski definition) is 5. The highest BCUT2D eigenvalue weighted by Crippen LogP contribution is 2.33. The van der Waals surface area contributed by atoms with E-state index in [0.29, 0.717) is 17.0 Å². The van der Waals surface area contributed by atoms with Gasteiger partial charge in [-0.15, -0.1) is 33.3 Å². The third-order valence-corrected chi connectivity index (χ3v) is 4.34. The van der Waals surface area contributed by atoms with E-state index in [1.807, 2.05) is 18.7 Å². The normalized spacial score (nSPS) is 12.9. The first-order valence-electron chi connectivity index (χ1n) is 4.69. The number of aromatic nitrogens is 2. The molecule has 1 atom stereocenters. The van der Waals surface area contributed by atoms with Gasteiger partial charge >= 0.3 is 0 Å². The molecule has 3 nitrogen and oxygen atoms in total. The van der Waals surface area contributed by atoms with Crippen LogP contribution in [0.25, 0.3) is 0 Å². The van der Waals surface area contributed by atoms with E-state index in [0.717, 1.165) is 5.75 Å². The molecule has 0 spiro atoms. The summed E-state index contributed by atoms with van der Waals surface area (Å²) in [4.78, 5) is 1.39. The molecular weight excluding hydrogens is 228 g/mol. The van der Waals surface area contributed by atoms with Gasteiger partial charge in [0.15, 0.2) is 0 Å². The summed E-state index contributed by atoms with van der Waals surface area (Å²) in [6.45, 7) is 4.00. The fourth-order valence-corrected chi connectivity index (χ4v) is 2.98. The molecule has 0 bridgehead atoms. The predicted octanol–water partition coefficient (Wildman–Crippen LogP) is 3.43. The van der Waals surface area contributed by atoms with Gasteiger partial charge in [0.1, 0.15) is 0 Å². The minimum absolute atomic E-state index is 0.484. The molecule has 0 saturated heterocycles. The van der Waals surface area contributed by atoms with Gasteiger partial charge in [-0.25, -0.2) is 0 Å². The molecule has 0 aliphatic rings. The van der Waals surface area contributed by atoms with Crippen LogP contribution in [0.15, 0.2) is 21.9 Å². The Balaban J connectivity index is 1.88. The zero-order valence-corrected chi connectivity index (χ0v) is 10.3. The maximum atomic E-state index is 5.31. The summed E-state index contributed by atoms with van der Waals surface area (Å²) in [5.74, 6) is 2.12. The molecule has 80 valence electrons. The van der Waals surface area contributed by atoms with Crippen molar-refractivity contribution in [1.29, 1.82) is 0 Å². The van der Waals surface area contributed by atoms with Crippen LogP contribution in [0.4, 0.5) is 0 Å². The number of nitrogens with zero attached hydrogens (tertiary/aromatic N) is 2. The van der Waals surface area contributed by atoms with Crippen LogP contribution >= 0.6 is 23.1 Å². The number of aryl methyl sites for hydroxylation is 1. The Morgan fingerprint density at radius 3 is 3.00 bits per heavy atom. The molecule has 2 rings (SSSR count). The van der Waals surface area contributed by atoms with Gasteiger partial charge in [-0.3, -0.25) is 0 Å². The molecule has 2 aromatic heterocycles. The third-order valence-electron chi connectivity index (χ3n) is 1.97. The summed E-state index contributed by atoms with van der Waals surface area (Å²) in [5, 5.41) is 10.3. The van der Waals surface area contributed by atoms with Gasteiger partial charge in [0.2, 0.25) is 11.8 Å². The molecular formula is C10H12N2OS2. The fraction of sp³-hybridized carbons (Fsp3) is 0.400. The Morgan fingerprint density at radius 2 is 2.40 bits per heavy atom. The highest BCUT2D eigenvalue weighted by molar-refractivity contribution is 7.98. The van der Waals surface area contributed by atoms with Crippen molar-refractivity contribution in [2.24, 2.45) is 0 Å². The Bertz CT molecular complexity index is 411. The van der Waals surface area contributed by atoms with Crippen molar-refractivity contribution < 1.29 is 4.42 Å². The highest BCUT2D eigenvalue weighted by Gasteiger charge is 2.09. The van der Waals surface area contributed by atoms with Crippen LogP contribution < -0.4 is 0 Å². The van der Waals surface area contributed by atoms with Gasteiger partial charge in [0.05, 0.1) is 5.75 Å². The minimum Gasteiger partial charge on any atom is -0.425 e. The molecule has 0 amide bonds. The largest absolute Gasteiger partial charge is 0.425 e. The Morgan fingerprint density at radius 1 is 1.53 bits per heavy atom. The van der Waals surface area contributed by atoms with E-state index in [-0.39, 0.29) is 0 Å². The number of rotatable bonds is 4. The molecule has 0 unspecified atom stereocenters. The van der Waals surface area contributed by atoms with Gasteiger partial charge < -0.3 is 4.42 Å². The van der Waals surface area contributed by atoms with Crippen molar-refractivity contribution in [3.8, 4) is 0 Å². The molecule has 0 aliphatic heterocycles. The van der Waals surface area contributed by atoms with Gasteiger partial charge in [-0.05, 0) is 18.4 Å². The van der Waals surface area contributed by atoms with Crippen LogP contribution in [0.3, 0.4) is 0 Å². The smallest absolute Gasteiger partial charge is 0.226 e. The van der Waals surface area contributed by atoms with Crippen LogP contribution in [0, 0.1) is 6.92 Å². The Labute approximate surface area is 96.9 Å². The second-order valence-corrected chi connectivity index (χ2v) is 5.49. The van der Waals surface area contributed by atoms with Gasteiger partial charge in [-0.1, -0.05) is 6.07 Å². The molecule has 0 saturated carbocycles. The molecule has 5 heteroatoms. The summed E-state index contributed by atoms with van der Waals surface area (Å²) in [6, 6.07) is 4.23. The molecule has 15 heavy (non-hydrogen) atoms. The van der Waals surface area contributed by atoms with E-state index in [9.17, 15) is 0 Å². The zero-order chi connectivity index (χ0) is 10.7. The van der Waals surface area contributed by atoms with E-state index in [2.05, 4.69) is 34.6 Å². The summed E-state index contributed by atoms with van der Waals surface area (Å²) in [6.07, 6.45) is 0. The van der Waals surface area contributed by atoms with Crippen molar-refractivity contribution >= 4 is 23.1 Å². The maximum absolute atomic E-state index is 5.31. The number of hydrogen-bond donors (Lipinski definition) is 0. The van der Waals surface area contributed by atoms with E-state index in [1.165, 1.54) is 4.88 Å². The topological polar surface area (TPSA) is 38.9 Å². The fourth-order valence-electron chi connectivity index (χ4n) is 1.20. The van der Waals surface area contributed by atoms with Crippen molar-refractivity contribution in [3.63, 3.8) is 0 Å². The summed E-state index contributed by atoms with van der Waals surface area (Å²) < 4.78 is 5.31.